The zero-order valence-corrected chi connectivity index (χ0v) is 13.8. The van der Waals surface area contributed by atoms with Crippen molar-refractivity contribution < 1.29 is 9.90 Å². The molecule has 1 rings (SSSR count). The standard InChI is InChI=1S/C15H24N4O4/c1-4-6-8-11(20)18-17-10(3)12-13(21)16-15(23)19(14(12)22)9-7-5-2/h22H,4-9H2,1-3H3,(H,18,20)(H,16,21,23)/b17-10+. The van der Waals surface area contributed by atoms with Gasteiger partial charge in [0.05, 0.1) is 5.71 Å². The summed E-state index contributed by atoms with van der Waals surface area (Å²) in [4.78, 5) is 37.4. The molecule has 0 aliphatic carbocycles. The average molecular weight is 324 g/mol. The summed E-state index contributed by atoms with van der Waals surface area (Å²) in [6.45, 7) is 5.70. The molecule has 0 fully saturated rings. The Hall–Kier alpha value is -2.38. The lowest BCUT2D eigenvalue weighted by Gasteiger charge is -2.10. The summed E-state index contributed by atoms with van der Waals surface area (Å²) < 4.78 is 1.10. The molecule has 0 saturated heterocycles. The molecule has 0 atom stereocenters. The van der Waals surface area contributed by atoms with Crippen LogP contribution < -0.4 is 16.7 Å². The molecule has 8 nitrogen and oxygen atoms in total. The van der Waals surface area contributed by atoms with Crippen LogP contribution in [0, 0.1) is 0 Å². The fourth-order valence-corrected chi connectivity index (χ4v) is 2.00. The van der Waals surface area contributed by atoms with E-state index in [-0.39, 0.29) is 17.2 Å². The number of hydrazone groups is 1. The largest absolute Gasteiger partial charge is 0.494 e. The molecular formula is C15H24N4O4. The highest BCUT2D eigenvalue weighted by Crippen LogP contribution is 2.12. The van der Waals surface area contributed by atoms with Gasteiger partial charge in [-0.1, -0.05) is 26.7 Å². The molecule has 0 bridgehead atoms. The Balaban J connectivity index is 3.08. The van der Waals surface area contributed by atoms with Crippen LogP contribution in [0.5, 0.6) is 5.88 Å². The van der Waals surface area contributed by atoms with E-state index in [0.29, 0.717) is 19.4 Å². The lowest BCUT2D eigenvalue weighted by atomic mass is 10.2. The number of H-pyrrole nitrogens is 1. The second kappa shape index (κ2) is 8.92. The van der Waals surface area contributed by atoms with Crippen LogP contribution in [0.2, 0.25) is 0 Å². The van der Waals surface area contributed by atoms with Gasteiger partial charge in [-0.15, -0.1) is 0 Å². The molecule has 0 aliphatic heterocycles. The summed E-state index contributed by atoms with van der Waals surface area (Å²) >= 11 is 0. The molecule has 23 heavy (non-hydrogen) atoms. The lowest BCUT2D eigenvalue weighted by molar-refractivity contribution is -0.121. The third-order valence-electron chi connectivity index (χ3n) is 3.37. The Kier molecular flexibility index (Phi) is 7.24. The normalized spacial score (nSPS) is 11.5. The van der Waals surface area contributed by atoms with Gasteiger partial charge in [-0.2, -0.15) is 5.10 Å². The first-order valence-corrected chi connectivity index (χ1v) is 7.81. The zero-order chi connectivity index (χ0) is 17.4. The third-order valence-corrected chi connectivity index (χ3v) is 3.37. The van der Waals surface area contributed by atoms with Crippen LogP contribution in [-0.4, -0.2) is 26.3 Å². The second-order valence-electron chi connectivity index (χ2n) is 5.30. The minimum atomic E-state index is -0.732. The van der Waals surface area contributed by atoms with E-state index in [4.69, 9.17) is 0 Å². The monoisotopic (exact) mass is 324 g/mol. The SMILES string of the molecule is CCCCC(=O)N/N=C(\C)c1c(O)n(CCCC)c(=O)[nH]c1=O. The Bertz CT molecular complexity index is 688. The Morgan fingerprint density at radius 3 is 2.52 bits per heavy atom. The van der Waals surface area contributed by atoms with Gasteiger partial charge in [-0.25, -0.2) is 10.2 Å². The van der Waals surface area contributed by atoms with Crippen molar-refractivity contribution in [3.63, 3.8) is 0 Å². The number of aromatic amines is 1. The quantitative estimate of drug-likeness (QED) is 0.490. The van der Waals surface area contributed by atoms with Crippen molar-refractivity contribution in [3.8, 4) is 5.88 Å². The molecule has 0 saturated carbocycles. The minimum Gasteiger partial charge on any atom is -0.494 e. The number of rotatable bonds is 8. The Morgan fingerprint density at radius 1 is 1.26 bits per heavy atom. The fraction of sp³-hybridized carbons (Fsp3) is 0.600. The molecule has 3 N–H and O–H groups in total. The smallest absolute Gasteiger partial charge is 0.331 e. The zero-order valence-electron chi connectivity index (χ0n) is 13.8. The van der Waals surface area contributed by atoms with Crippen molar-refractivity contribution in [3.05, 3.63) is 26.4 Å². The van der Waals surface area contributed by atoms with Gasteiger partial charge in [0.15, 0.2) is 0 Å². The first kappa shape index (κ1) is 18.7. The van der Waals surface area contributed by atoms with Crippen LogP contribution in [0.3, 0.4) is 0 Å². The van der Waals surface area contributed by atoms with Gasteiger partial charge >= 0.3 is 5.69 Å². The maximum atomic E-state index is 11.9. The van der Waals surface area contributed by atoms with E-state index in [0.717, 1.165) is 23.8 Å². The van der Waals surface area contributed by atoms with E-state index < -0.39 is 17.1 Å². The Labute approximate surface area is 134 Å². The van der Waals surface area contributed by atoms with Crippen molar-refractivity contribution in [2.75, 3.05) is 0 Å². The van der Waals surface area contributed by atoms with Gasteiger partial charge in [-0.3, -0.25) is 19.1 Å². The molecule has 0 aliphatic rings. The highest BCUT2D eigenvalue weighted by Gasteiger charge is 2.16. The molecule has 1 aromatic heterocycles. The predicted molar refractivity (Wildman–Crippen MR) is 87.8 cm³/mol. The number of carbonyl (C=O) groups is 1. The van der Waals surface area contributed by atoms with Crippen LogP contribution in [-0.2, 0) is 11.3 Å². The van der Waals surface area contributed by atoms with Gasteiger partial charge in [0.25, 0.3) is 5.56 Å². The van der Waals surface area contributed by atoms with E-state index in [1.807, 2.05) is 13.8 Å². The summed E-state index contributed by atoms with van der Waals surface area (Å²) in [6, 6.07) is 0. The summed E-state index contributed by atoms with van der Waals surface area (Å²) in [5.41, 5.74) is 0.974. The number of aromatic nitrogens is 2. The third kappa shape index (κ3) is 5.08. The number of aromatic hydroxyl groups is 1. The van der Waals surface area contributed by atoms with Crippen LogP contribution in [0.1, 0.15) is 58.4 Å². The van der Waals surface area contributed by atoms with Gasteiger partial charge < -0.3 is 5.11 Å². The molecule has 0 unspecified atom stereocenters. The van der Waals surface area contributed by atoms with Crippen LogP contribution >= 0.6 is 0 Å². The van der Waals surface area contributed by atoms with E-state index in [2.05, 4.69) is 15.5 Å². The first-order valence-electron chi connectivity index (χ1n) is 7.81. The van der Waals surface area contributed by atoms with Gasteiger partial charge in [0.1, 0.15) is 5.56 Å². The number of unbranched alkanes of at least 4 members (excludes halogenated alkanes) is 2. The van der Waals surface area contributed by atoms with Gasteiger partial charge in [0, 0.05) is 13.0 Å². The molecular weight excluding hydrogens is 300 g/mol. The topological polar surface area (TPSA) is 117 Å². The molecule has 0 radical (unpaired) electrons. The van der Waals surface area contributed by atoms with Crippen molar-refractivity contribution in [2.45, 2.75) is 59.4 Å². The highest BCUT2D eigenvalue weighted by molar-refractivity contribution is 6.00. The van der Waals surface area contributed by atoms with Crippen molar-refractivity contribution >= 4 is 11.6 Å². The summed E-state index contributed by atoms with van der Waals surface area (Å²) in [5, 5.41) is 14.0. The lowest BCUT2D eigenvalue weighted by Crippen LogP contribution is -2.34. The first-order chi connectivity index (χ1) is 10.9. The maximum Gasteiger partial charge on any atom is 0.331 e. The van der Waals surface area contributed by atoms with Crippen molar-refractivity contribution in [2.24, 2.45) is 5.10 Å². The molecule has 1 amide bonds. The second-order valence-corrected chi connectivity index (χ2v) is 5.30. The van der Waals surface area contributed by atoms with Gasteiger partial charge in [0.2, 0.25) is 11.8 Å². The maximum absolute atomic E-state index is 11.9. The van der Waals surface area contributed by atoms with Crippen LogP contribution in [0.4, 0.5) is 0 Å². The van der Waals surface area contributed by atoms with E-state index in [1.165, 1.54) is 6.92 Å². The van der Waals surface area contributed by atoms with Crippen molar-refractivity contribution in [1.29, 1.82) is 0 Å². The van der Waals surface area contributed by atoms with E-state index in [9.17, 15) is 19.5 Å². The molecule has 0 spiro atoms. The number of amides is 1. The molecule has 0 aromatic carbocycles. The van der Waals surface area contributed by atoms with Crippen molar-refractivity contribution in [1.82, 2.24) is 15.0 Å². The molecule has 1 heterocycles. The Morgan fingerprint density at radius 2 is 1.91 bits per heavy atom. The predicted octanol–water partition coefficient (Wildman–Crippen LogP) is 1.07. The summed E-state index contributed by atoms with van der Waals surface area (Å²) in [5.74, 6) is -0.697. The average Bonchev–Trinajstić information content (AvgIpc) is 2.50. The van der Waals surface area contributed by atoms with Gasteiger partial charge in [-0.05, 0) is 19.8 Å². The summed E-state index contributed by atoms with van der Waals surface area (Å²) in [7, 11) is 0. The van der Waals surface area contributed by atoms with Crippen LogP contribution in [0.25, 0.3) is 0 Å². The molecule has 1 aromatic rings. The van der Waals surface area contributed by atoms with E-state index in [1.54, 1.807) is 0 Å². The number of carbonyl (C=O) groups excluding carboxylic acids is 1. The number of nitrogens with one attached hydrogen (secondary N) is 2. The number of hydrogen-bond donors (Lipinski definition) is 3. The van der Waals surface area contributed by atoms with Crippen LogP contribution in [0.15, 0.2) is 14.7 Å². The number of hydrogen-bond acceptors (Lipinski definition) is 5. The molecule has 128 valence electrons. The molecule has 8 heteroatoms. The highest BCUT2D eigenvalue weighted by atomic mass is 16.3. The summed E-state index contributed by atoms with van der Waals surface area (Å²) in [6.07, 6.45) is 3.49. The fourth-order valence-electron chi connectivity index (χ4n) is 2.00. The number of nitrogens with zero attached hydrogens (tertiary/aromatic N) is 2. The minimum absolute atomic E-state index is 0.114. The van der Waals surface area contributed by atoms with E-state index >= 15 is 0 Å².